The molecular formula is C11H12N4O. The SMILES string of the molecule is COc1ccc(CNc2ncccn2)cn1. The Morgan fingerprint density at radius 3 is 2.62 bits per heavy atom. The van der Waals surface area contributed by atoms with Crippen molar-refractivity contribution in [3.8, 4) is 5.88 Å². The van der Waals surface area contributed by atoms with Crippen molar-refractivity contribution in [1.29, 1.82) is 0 Å². The van der Waals surface area contributed by atoms with Crippen LogP contribution in [0.3, 0.4) is 0 Å². The van der Waals surface area contributed by atoms with Crippen LogP contribution in [-0.4, -0.2) is 22.1 Å². The molecule has 0 saturated carbocycles. The highest BCUT2D eigenvalue weighted by molar-refractivity contribution is 5.26. The lowest BCUT2D eigenvalue weighted by molar-refractivity contribution is 0.397. The van der Waals surface area contributed by atoms with Crippen molar-refractivity contribution >= 4 is 5.95 Å². The molecule has 5 nitrogen and oxygen atoms in total. The summed E-state index contributed by atoms with van der Waals surface area (Å²) in [5, 5.41) is 3.10. The van der Waals surface area contributed by atoms with E-state index in [-0.39, 0.29) is 0 Å². The smallest absolute Gasteiger partial charge is 0.222 e. The van der Waals surface area contributed by atoms with E-state index in [1.807, 2.05) is 12.1 Å². The first-order valence-corrected chi connectivity index (χ1v) is 4.88. The molecule has 5 heteroatoms. The van der Waals surface area contributed by atoms with Crippen molar-refractivity contribution in [3.05, 3.63) is 42.4 Å². The van der Waals surface area contributed by atoms with E-state index in [9.17, 15) is 0 Å². The van der Waals surface area contributed by atoms with Gasteiger partial charge in [0.25, 0.3) is 0 Å². The fourth-order valence-electron chi connectivity index (χ4n) is 1.21. The van der Waals surface area contributed by atoms with Crippen LogP contribution in [0.25, 0.3) is 0 Å². The summed E-state index contributed by atoms with van der Waals surface area (Å²) in [5.41, 5.74) is 1.05. The number of nitrogens with one attached hydrogen (secondary N) is 1. The molecule has 82 valence electrons. The molecule has 16 heavy (non-hydrogen) atoms. The summed E-state index contributed by atoms with van der Waals surface area (Å²) >= 11 is 0. The maximum absolute atomic E-state index is 4.98. The average Bonchev–Trinajstić information content (AvgIpc) is 2.38. The minimum absolute atomic E-state index is 0.610. The highest BCUT2D eigenvalue weighted by Crippen LogP contribution is 2.07. The van der Waals surface area contributed by atoms with Crippen LogP contribution in [0.1, 0.15) is 5.56 Å². The average molecular weight is 216 g/mol. The number of hydrogen-bond acceptors (Lipinski definition) is 5. The molecule has 0 unspecified atom stereocenters. The third-order valence-corrected chi connectivity index (χ3v) is 2.02. The molecular weight excluding hydrogens is 204 g/mol. The van der Waals surface area contributed by atoms with Gasteiger partial charge >= 0.3 is 0 Å². The Hall–Kier alpha value is -2.17. The van der Waals surface area contributed by atoms with E-state index in [2.05, 4.69) is 20.3 Å². The van der Waals surface area contributed by atoms with Gasteiger partial charge in [-0.1, -0.05) is 6.07 Å². The molecule has 2 aromatic rings. The zero-order valence-electron chi connectivity index (χ0n) is 8.92. The summed E-state index contributed by atoms with van der Waals surface area (Å²) < 4.78 is 4.98. The maximum Gasteiger partial charge on any atom is 0.222 e. The minimum atomic E-state index is 0.610. The number of pyridine rings is 1. The predicted molar refractivity (Wildman–Crippen MR) is 60.1 cm³/mol. The van der Waals surface area contributed by atoms with Crippen molar-refractivity contribution in [2.24, 2.45) is 0 Å². The van der Waals surface area contributed by atoms with E-state index in [4.69, 9.17) is 4.74 Å². The molecule has 0 atom stereocenters. The number of nitrogens with zero attached hydrogens (tertiary/aromatic N) is 3. The van der Waals surface area contributed by atoms with Crippen molar-refractivity contribution in [3.63, 3.8) is 0 Å². The van der Waals surface area contributed by atoms with E-state index in [0.717, 1.165) is 5.56 Å². The van der Waals surface area contributed by atoms with Crippen molar-refractivity contribution < 1.29 is 4.74 Å². The molecule has 0 spiro atoms. The molecule has 2 aromatic heterocycles. The van der Waals surface area contributed by atoms with Gasteiger partial charge < -0.3 is 10.1 Å². The standard InChI is InChI=1S/C11H12N4O/c1-16-10-4-3-9(7-14-10)8-15-11-12-5-2-6-13-11/h2-7H,8H2,1H3,(H,12,13,15). The quantitative estimate of drug-likeness (QED) is 0.839. The number of rotatable bonds is 4. The summed E-state index contributed by atoms with van der Waals surface area (Å²) in [6.07, 6.45) is 5.15. The summed E-state index contributed by atoms with van der Waals surface area (Å²) in [6.45, 7) is 0.640. The van der Waals surface area contributed by atoms with Crippen LogP contribution in [0.4, 0.5) is 5.95 Å². The Bertz CT molecular complexity index is 429. The van der Waals surface area contributed by atoms with Crippen LogP contribution in [0.5, 0.6) is 5.88 Å². The van der Waals surface area contributed by atoms with Crippen molar-refractivity contribution in [1.82, 2.24) is 15.0 Å². The van der Waals surface area contributed by atoms with E-state index < -0.39 is 0 Å². The Labute approximate surface area is 93.5 Å². The molecule has 0 aromatic carbocycles. The number of anilines is 1. The first kappa shape index (κ1) is 10.4. The third kappa shape index (κ3) is 2.66. The largest absolute Gasteiger partial charge is 0.481 e. The van der Waals surface area contributed by atoms with E-state index >= 15 is 0 Å². The highest BCUT2D eigenvalue weighted by Gasteiger charge is 1.97. The van der Waals surface area contributed by atoms with Gasteiger partial charge in [0.2, 0.25) is 11.8 Å². The van der Waals surface area contributed by atoms with Gasteiger partial charge in [-0.2, -0.15) is 0 Å². The van der Waals surface area contributed by atoms with Gasteiger partial charge in [0.05, 0.1) is 7.11 Å². The van der Waals surface area contributed by atoms with Gasteiger partial charge in [0.1, 0.15) is 0 Å². The summed E-state index contributed by atoms with van der Waals surface area (Å²) in [7, 11) is 1.60. The maximum atomic E-state index is 4.98. The van der Waals surface area contributed by atoms with Gasteiger partial charge in [0.15, 0.2) is 0 Å². The fraction of sp³-hybridized carbons (Fsp3) is 0.182. The molecule has 0 bridgehead atoms. The Kier molecular flexibility index (Phi) is 3.28. The van der Waals surface area contributed by atoms with Gasteiger partial charge in [-0.3, -0.25) is 0 Å². The molecule has 0 aliphatic carbocycles. The molecule has 0 amide bonds. The summed E-state index contributed by atoms with van der Waals surface area (Å²) in [5.74, 6) is 1.22. The third-order valence-electron chi connectivity index (χ3n) is 2.02. The first-order chi connectivity index (χ1) is 7.88. The minimum Gasteiger partial charge on any atom is -0.481 e. The lowest BCUT2D eigenvalue weighted by atomic mass is 10.3. The lowest BCUT2D eigenvalue weighted by Gasteiger charge is -2.04. The summed E-state index contributed by atoms with van der Waals surface area (Å²) in [6, 6.07) is 5.55. The number of ether oxygens (including phenoxy) is 1. The second kappa shape index (κ2) is 5.06. The molecule has 2 rings (SSSR count). The first-order valence-electron chi connectivity index (χ1n) is 4.88. The van der Waals surface area contributed by atoms with Crippen molar-refractivity contribution in [2.45, 2.75) is 6.54 Å². The zero-order valence-corrected chi connectivity index (χ0v) is 8.92. The Morgan fingerprint density at radius 1 is 1.19 bits per heavy atom. The number of aromatic nitrogens is 3. The Balaban J connectivity index is 1.94. The van der Waals surface area contributed by atoms with Crippen LogP contribution >= 0.6 is 0 Å². The van der Waals surface area contributed by atoms with Gasteiger partial charge in [-0.05, 0) is 11.6 Å². The van der Waals surface area contributed by atoms with Gasteiger partial charge in [-0.25, -0.2) is 15.0 Å². The van der Waals surface area contributed by atoms with Crippen LogP contribution < -0.4 is 10.1 Å². The lowest BCUT2D eigenvalue weighted by Crippen LogP contribution is -2.03. The molecule has 0 aliphatic rings. The molecule has 0 saturated heterocycles. The number of hydrogen-bond donors (Lipinski definition) is 1. The second-order valence-corrected chi connectivity index (χ2v) is 3.13. The van der Waals surface area contributed by atoms with Crippen LogP contribution in [-0.2, 0) is 6.54 Å². The van der Waals surface area contributed by atoms with E-state index in [1.165, 1.54) is 0 Å². The summed E-state index contributed by atoms with van der Waals surface area (Å²) in [4.78, 5) is 12.2. The van der Waals surface area contributed by atoms with Crippen LogP contribution in [0, 0.1) is 0 Å². The fourth-order valence-corrected chi connectivity index (χ4v) is 1.21. The van der Waals surface area contributed by atoms with E-state index in [0.29, 0.717) is 18.4 Å². The Morgan fingerprint density at radius 2 is 2.00 bits per heavy atom. The molecule has 0 aliphatic heterocycles. The molecule has 2 heterocycles. The van der Waals surface area contributed by atoms with Crippen LogP contribution in [0.15, 0.2) is 36.8 Å². The van der Waals surface area contributed by atoms with Crippen LogP contribution in [0.2, 0.25) is 0 Å². The molecule has 0 fully saturated rings. The highest BCUT2D eigenvalue weighted by atomic mass is 16.5. The second-order valence-electron chi connectivity index (χ2n) is 3.13. The topological polar surface area (TPSA) is 59.9 Å². The monoisotopic (exact) mass is 216 g/mol. The van der Waals surface area contributed by atoms with Crippen molar-refractivity contribution in [2.75, 3.05) is 12.4 Å². The predicted octanol–water partition coefficient (Wildman–Crippen LogP) is 1.49. The normalized spacial score (nSPS) is 9.81. The zero-order chi connectivity index (χ0) is 11.2. The van der Waals surface area contributed by atoms with E-state index in [1.54, 1.807) is 31.8 Å². The van der Waals surface area contributed by atoms with Gasteiger partial charge in [0, 0.05) is 31.2 Å². The van der Waals surface area contributed by atoms with Gasteiger partial charge in [-0.15, -0.1) is 0 Å². The molecule has 1 N–H and O–H groups in total. The molecule has 0 radical (unpaired) electrons. The number of methoxy groups -OCH3 is 1.